The lowest BCUT2D eigenvalue weighted by Gasteiger charge is -2.01. The van der Waals surface area contributed by atoms with Crippen LogP contribution in [0.2, 0.25) is 0 Å². The van der Waals surface area contributed by atoms with E-state index in [1.807, 2.05) is 54.0 Å². The van der Waals surface area contributed by atoms with E-state index in [-0.39, 0.29) is 5.91 Å². The molecule has 4 rings (SSSR count). The minimum absolute atomic E-state index is 0.0818. The smallest absolute Gasteiger partial charge is 0.230 e. The summed E-state index contributed by atoms with van der Waals surface area (Å²) in [6.07, 6.45) is 3.91. The topological polar surface area (TPSA) is 70.7 Å². The van der Waals surface area contributed by atoms with Crippen LogP contribution in [0.25, 0.3) is 22.3 Å². The number of anilines is 1. The van der Waals surface area contributed by atoms with Crippen LogP contribution in [0.5, 0.6) is 0 Å². The highest BCUT2D eigenvalue weighted by atomic mass is 32.1. The average molecular weight is 334 g/mol. The van der Waals surface area contributed by atoms with E-state index in [2.05, 4.69) is 20.3 Å². The summed E-state index contributed by atoms with van der Waals surface area (Å²) < 4.78 is 0. The van der Waals surface area contributed by atoms with E-state index in [4.69, 9.17) is 0 Å². The highest BCUT2D eigenvalue weighted by Gasteiger charge is 2.11. The third-order valence-electron chi connectivity index (χ3n) is 3.70. The number of benzene rings is 1. The van der Waals surface area contributed by atoms with Crippen molar-refractivity contribution >= 4 is 33.3 Å². The molecule has 0 aliphatic heterocycles. The van der Waals surface area contributed by atoms with Gasteiger partial charge < -0.3 is 10.3 Å². The molecule has 3 heterocycles. The van der Waals surface area contributed by atoms with E-state index in [9.17, 15) is 4.79 Å². The number of rotatable bonds is 4. The Morgan fingerprint density at radius 1 is 1.12 bits per heavy atom. The van der Waals surface area contributed by atoms with Gasteiger partial charge >= 0.3 is 0 Å². The van der Waals surface area contributed by atoms with Crippen molar-refractivity contribution in [1.29, 1.82) is 0 Å². The second-order valence-corrected chi connectivity index (χ2v) is 6.20. The monoisotopic (exact) mass is 334 g/mol. The molecule has 0 spiro atoms. The third-order valence-corrected chi connectivity index (χ3v) is 4.46. The number of nitrogens with one attached hydrogen (secondary N) is 2. The molecule has 5 nitrogen and oxygen atoms in total. The van der Waals surface area contributed by atoms with E-state index in [1.54, 1.807) is 6.20 Å². The van der Waals surface area contributed by atoms with Gasteiger partial charge in [-0.15, -0.1) is 11.3 Å². The Labute approximate surface area is 142 Å². The van der Waals surface area contributed by atoms with Crippen molar-refractivity contribution in [2.45, 2.75) is 6.42 Å². The molecule has 0 unspecified atom stereocenters. The van der Waals surface area contributed by atoms with Crippen molar-refractivity contribution in [3.63, 3.8) is 0 Å². The number of fused-ring (bicyclic) bond motifs is 1. The van der Waals surface area contributed by atoms with E-state index < -0.39 is 0 Å². The molecule has 4 aromatic rings. The second kappa shape index (κ2) is 6.25. The van der Waals surface area contributed by atoms with Gasteiger partial charge in [-0.2, -0.15) is 0 Å². The molecule has 0 atom stereocenters. The molecule has 1 aromatic carbocycles. The first kappa shape index (κ1) is 14.6. The van der Waals surface area contributed by atoms with Gasteiger partial charge in [0.1, 0.15) is 5.69 Å². The van der Waals surface area contributed by atoms with Crippen LogP contribution in [0, 0.1) is 0 Å². The van der Waals surface area contributed by atoms with Crippen LogP contribution in [0.1, 0.15) is 5.56 Å². The Balaban J connectivity index is 1.48. The number of carbonyl (C=O) groups is 1. The van der Waals surface area contributed by atoms with E-state index in [1.165, 1.54) is 11.3 Å². The van der Waals surface area contributed by atoms with Gasteiger partial charge in [-0.05, 0) is 23.8 Å². The van der Waals surface area contributed by atoms with Crippen LogP contribution in [0.4, 0.5) is 5.13 Å². The molecule has 0 fully saturated rings. The standard InChI is InChI=1S/C18H14N4OS/c23-17(9-12-10-20-14-6-2-1-5-13(12)14)22-18-21-16(11-24-18)15-7-3-4-8-19-15/h1-8,10-11,20H,9H2,(H,21,22,23). The van der Waals surface area contributed by atoms with E-state index in [0.29, 0.717) is 11.6 Å². The number of aromatic nitrogens is 3. The zero-order chi connectivity index (χ0) is 16.4. The number of para-hydroxylation sites is 1. The lowest BCUT2D eigenvalue weighted by atomic mass is 10.1. The Hall–Kier alpha value is -2.99. The molecule has 0 aliphatic carbocycles. The van der Waals surface area contributed by atoms with Crippen LogP contribution in [0.3, 0.4) is 0 Å². The van der Waals surface area contributed by atoms with Crippen molar-refractivity contribution in [3.8, 4) is 11.4 Å². The molecule has 118 valence electrons. The predicted molar refractivity (Wildman–Crippen MR) is 96.0 cm³/mol. The molecule has 2 N–H and O–H groups in total. The maximum atomic E-state index is 12.3. The molecule has 3 aromatic heterocycles. The molecule has 6 heteroatoms. The molecule has 0 saturated heterocycles. The maximum Gasteiger partial charge on any atom is 0.230 e. The maximum absolute atomic E-state index is 12.3. The Morgan fingerprint density at radius 3 is 2.88 bits per heavy atom. The molecular weight excluding hydrogens is 320 g/mol. The average Bonchev–Trinajstić information content (AvgIpc) is 3.23. The van der Waals surface area contributed by atoms with Crippen molar-refractivity contribution < 1.29 is 4.79 Å². The Bertz CT molecular complexity index is 990. The molecule has 1 amide bonds. The Morgan fingerprint density at radius 2 is 2.00 bits per heavy atom. The number of amides is 1. The minimum atomic E-state index is -0.0818. The summed E-state index contributed by atoms with van der Waals surface area (Å²) in [5.74, 6) is -0.0818. The van der Waals surface area contributed by atoms with E-state index >= 15 is 0 Å². The molecule has 0 aliphatic rings. The molecule has 0 radical (unpaired) electrons. The normalized spacial score (nSPS) is 10.8. The minimum Gasteiger partial charge on any atom is -0.361 e. The fourth-order valence-corrected chi connectivity index (χ4v) is 3.30. The van der Waals surface area contributed by atoms with Gasteiger partial charge in [-0.25, -0.2) is 4.98 Å². The quantitative estimate of drug-likeness (QED) is 0.595. The van der Waals surface area contributed by atoms with Gasteiger partial charge in [0.15, 0.2) is 5.13 Å². The number of pyridine rings is 1. The molecule has 24 heavy (non-hydrogen) atoms. The van der Waals surface area contributed by atoms with Crippen LogP contribution >= 0.6 is 11.3 Å². The van der Waals surface area contributed by atoms with Gasteiger partial charge in [0.2, 0.25) is 5.91 Å². The highest BCUT2D eigenvalue weighted by Crippen LogP contribution is 2.24. The van der Waals surface area contributed by atoms with Crippen molar-refractivity contribution in [3.05, 3.63) is 65.8 Å². The first-order chi connectivity index (χ1) is 11.8. The van der Waals surface area contributed by atoms with Crippen LogP contribution in [0.15, 0.2) is 60.2 Å². The van der Waals surface area contributed by atoms with Crippen molar-refractivity contribution in [2.24, 2.45) is 0 Å². The first-order valence-electron chi connectivity index (χ1n) is 7.51. The molecule has 0 saturated carbocycles. The summed E-state index contributed by atoms with van der Waals surface area (Å²) in [5.41, 5.74) is 3.57. The highest BCUT2D eigenvalue weighted by molar-refractivity contribution is 7.14. The fraction of sp³-hybridized carbons (Fsp3) is 0.0556. The number of H-pyrrole nitrogens is 1. The number of hydrogen-bond donors (Lipinski definition) is 2. The summed E-state index contributed by atoms with van der Waals surface area (Å²) in [7, 11) is 0. The van der Waals surface area contributed by atoms with Crippen molar-refractivity contribution in [2.75, 3.05) is 5.32 Å². The lowest BCUT2D eigenvalue weighted by molar-refractivity contribution is -0.115. The summed E-state index contributed by atoms with van der Waals surface area (Å²) in [5, 5.41) is 6.41. The van der Waals surface area contributed by atoms with Gasteiger partial charge in [0.25, 0.3) is 0 Å². The number of carbonyl (C=O) groups excluding carboxylic acids is 1. The zero-order valence-corrected chi connectivity index (χ0v) is 13.5. The first-order valence-corrected chi connectivity index (χ1v) is 8.39. The SMILES string of the molecule is O=C(Cc1c[nH]c2ccccc12)Nc1nc(-c2ccccn2)cs1. The summed E-state index contributed by atoms with van der Waals surface area (Å²) in [6, 6.07) is 13.6. The third kappa shape index (κ3) is 2.91. The predicted octanol–water partition coefficient (Wildman–Crippen LogP) is 3.87. The zero-order valence-electron chi connectivity index (χ0n) is 12.7. The summed E-state index contributed by atoms with van der Waals surface area (Å²) >= 11 is 1.40. The number of thiazole rings is 1. The number of nitrogens with zero attached hydrogens (tertiary/aromatic N) is 2. The van der Waals surface area contributed by atoms with Crippen LogP contribution in [-0.2, 0) is 11.2 Å². The van der Waals surface area contributed by atoms with Crippen molar-refractivity contribution in [1.82, 2.24) is 15.0 Å². The van der Waals surface area contributed by atoms with Gasteiger partial charge in [0.05, 0.1) is 12.1 Å². The number of aromatic amines is 1. The van der Waals surface area contributed by atoms with Crippen LogP contribution < -0.4 is 5.32 Å². The van der Waals surface area contributed by atoms with Gasteiger partial charge in [0, 0.05) is 28.7 Å². The summed E-state index contributed by atoms with van der Waals surface area (Å²) in [6.45, 7) is 0. The fourth-order valence-electron chi connectivity index (χ4n) is 2.58. The lowest BCUT2D eigenvalue weighted by Crippen LogP contribution is -2.14. The number of hydrogen-bond acceptors (Lipinski definition) is 4. The van der Waals surface area contributed by atoms with Gasteiger partial charge in [-0.1, -0.05) is 24.3 Å². The van der Waals surface area contributed by atoms with Gasteiger partial charge in [-0.3, -0.25) is 9.78 Å². The second-order valence-electron chi connectivity index (χ2n) is 5.34. The summed E-state index contributed by atoms with van der Waals surface area (Å²) in [4.78, 5) is 24.2. The Kier molecular flexibility index (Phi) is 3.80. The van der Waals surface area contributed by atoms with Crippen LogP contribution in [-0.4, -0.2) is 20.9 Å². The molecular formula is C18H14N4OS. The molecule has 0 bridgehead atoms. The largest absolute Gasteiger partial charge is 0.361 e. The van der Waals surface area contributed by atoms with E-state index in [0.717, 1.165) is 27.9 Å².